The molecule has 97 heavy (non-hydrogen) atoms. The Morgan fingerprint density at radius 2 is 0.526 bits per heavy atom. The molecule has 0 saturated heterocycles. The number of esters is 4. The second-order valence-corrected chi connectivity index (χ2v) is 32.2. The maximum Gasteiger partial charge on any atom is 0.472 e. The summed E-state index contributed by atoms with van der Waals surface area (Å²) < 4.78 is 68.5. The van der Waals surface area contributed by atoms with Crippen molar-refractivity contribution in [3.8, 4) is 0 Å². The molecule has 19 heteroatoms. The molecule has 6 atom stereocenters. The van der Waals surface area contributed by atoms with E-state index in [1.165, 1.54) is 205 Å². The van der Waals surface area contributed by atoms with E-state index in [0.717, 1.165) is 102 Å². The molecular formula is C78H152O17P2. The summed E-state index contributed by atoms with van der Waals surface area (Å²) >= 11 is 0. The predicted octanol–water partition coefficient (Wildman–Crippen LogP) is 23.0. The summed E-state index contributed by atoms with van der Waals surface area (Å²) in [5.74, 6) is 0.104. The number of phosphoric acid groups is 2. The molecule has 0 amide bonds. The van der Waals surface area contributed by atoms with Crippen molar-refractivity contribution in [1.82, 2.24) is 0 Å². The lowest BCUT2D eigenvalue weighted by Gasteiger charge is -2.21. The molecule has 0 spiro atoms. The molecule has 0 aromatic rings. The van der Waals surface area contributed by atoms with Crippen LogP contribution in [0.1, 0.15) is 402 Å². The molecule has 17 nitrogen and oxygen atoms in total. The van der Waals surface area contributed by atoms with Gasteiger partial charge in [0.05, 0.1) is 26.4 Å². The van der Waals surface area contributed by atoms with E-state index in [4.69, 9.17) is 37.0 Å². The Morgan fingerprint density at radius 1 is 0.299 bits per heavy atom. The molecule has 0 rings (SSSR count). The number of hydrogen-bond acceptors (Lipinski definition) is 15. The maximum atomic E-state index is 13.1. The Balaban J connectivity index is 5.20. The van der Waals surface area contributed by atoms with Gasteiger partial charge in [0.1, 0.15) is 19.3 Å². The number of phosphoric ester groups is 2. The molecule has 0 bridgehead atoms. The molecule has 3 N–H and O–H groups in total. The Hall–Kier alpha value is -1.94. The molecule has 3 unspecified atom stereocenters. The fraction of sp³-hybridized carbons (Fsp3) is 0.949. The summed E-state index contributed by atoms with van der Waals surface area (Å²) in [6, 6.07) is 0. The van der Waals surface area contributed by atoms with Crippen LogP contribution in [0.2, 0.25) is 0 Å². The summed E-state index contributed by atoms with van der Waals surface area (Å²) in [5.41, 5.74) is 0. The SMILES string of the molecule is CCCCCCCCCCCCCCCCCCCCCCC(=O)O[C@H](COC(=O)CCCCCCCCCCCCCCCCC(C)CC)COP(=O)(O)OC[C@@H](O)COP(=O)(O)OC[C@@H](COC(=O)CCCCCCCCC(C)C)OC(=O)CCCCCCCCCC(C)C. The third kappa shape index (κ3) is 70.9. The number of rotatable bonds is 76. The van der Waals surface area contributed by atoms with Gasteiger partial charge in [-0.15, -0.1) is 0 Å². The molecule has 0 aromatic heterocycles. The standard InChI is InChI=1S/C78H152O17P2/c1-8-10-11-12-13-14-15-16-17-18-19-20-21-22-27-30-33-38-47-54-61-77(82)94-73(65-88-75(80)59-52-45-37-32-29-26-24-23-25-28-31-36-44-51-58-71(7)9-2)67-92-96(84,85)90-63-72(79)64-91-97(86,87)93-68-74(66-89-76(81)60-53-46-41-40-43-50-57-70(5)6)95-78(83)62-55-48-39-34-35-42-49-56-69(3)4/h69-74,79H,8-68H2,1-7H3,(H,84,85)(H,86,87)/t71?,72-,73-,74-/m1/s1. The first-order valence-electron chi connectivity index (χ1n) is 40.4. The minimum atomic E-state index is -4.96. The van der Waals surface area contributed by atoms with Gasteiger partial charge in [-0.1, -0.05) is 350 Å². The number of unbranched alkanes of at least 4 members (excludes halogenated alkanes) is 43. The van der Waals surface area contributed by atoms with Gasteiger partial charge in [0, 0.05) is 25.7 Å². The Labute approximate surface area is 594 Å². The average molecular weight is 1420 g/mol. The molecular weight excluding hydrogens is 1270 g/mol. The van der Waals surface area contributed by atoms with Crippen molar-refractivity contribution in [2.24, 2.45) is 17.8 Å². The van der Waals surface area contributed by atoms with Crippen molar-refractivity contribution in [2.45, 2.75) is 420 Å². The highest BCUT2D eigenvalue weighted by atomic mass is 31.2. The molecule has 0 aliphatic carbocycles. The molecule has 0 saturated carbocycles. The lowest BCUT2D eigenvalue weighted by molar-refractivity contribution is -0.161. The van der Waals surface area contributed by atoms with Crippen LogP contribution in [0.3, 0.4) is 0 Å². The van der Waals surface area contributed by atoms with Gasteiger partial charge in [-0.25, -0.2) is 9.13 Å². The van der Waals surface area contributed by atoms with Crippen LogP contribution in [0.5, 0.6) is 0 Å². The first-order chi connectivity index (χ1) is 46.8. The van der Waals surface area contributed by atoms with Crippen molar-refractivity contribution >= 4 is 39.5 Å². The van der Waals surface area contributed by atoms with E-state index in [1.54, 1.807) is 0 Å². The van der Waals surface area contributed by atoms with Crippen molar-refractivity contribution in [3.05, 3.63) is 0 Å². The van der Waals surface area contributed by atoms with E-state index in [-0.39, 0.29) is 25.7 Å². The molecule has 0 aliphatic rings. The Morgan fingerprint density at radius 3 is 0.784 bits per heavy atom. The number of carbonyl (C=O) groups is 4. The molecule has 576 valence electrons. The van der Waals surface area contributed by atoms with Crippen LogP contribution < -0.4 is 0 Å². The molecule has 0 radical (unpaired) electrons. The normalized spacial score (nSPS) is 14.3. The summed E-state index contributed by atoms with van der Waals surface area (Å²) in [7, 11) is -9.91. The fourth-order valence-electron chi connectivity index (χ4n) is 11.9. The topological polar surface area (TPSA) is 237 Å². The zero-order valence-corrected chi connectivity index (χ0v) is 65.3. The van der Waals surface area contributed by atoms with Gasteiger partial charge in [-0.05, 0) is 43.4 Å². The van der Waals surface area contributed by atoms with Crippen LogP contribution in [0, 0.1) is 17.8 Å². The first kappa shape index (κ1) is 95.1. The number of aliphatic hydroxyl groups excluding tert-OH is 1. The second-order valence-electron chi connectivity index (χ2n) is 29.3. The monoisotopic (exact) mass is 1420 g/mol. The van der Waals surface area contributed by atoms with Crippen LogP contribution in [0.4, 0.5) is 0 Å². The lowest BCUT2D eigenvalue weighted by Crippen LogP contribution is -2.30. The fourth-order valence-corrected chi connectivity index (χ4v) is 13.5. The first-order valence-corrected chi connectivity index (χ1v) is 43.4. The molecule has 0 heterocycles. The largest absolute Gasteiger partial charge is 0.472 e. The summed E-state index contributed by atoms with van der Waals surface area (Å²) in [4.78, 5) is 72.8. The second kappa shape index (κ2) is 68.5. The molecule has 0 fully saturated rings. The average Bonchev–Trinajstić information content (AvgIpc) is 2.27. The minimum Gasteiger partial charge on any atom is -0.462 e. The zero-order chi connectivity index (χ0) is 71.6. The maximum absolute atomic E-state index is 13.1. The van der Waals surface area contributed by atoms with Gasteiger partial charge in [0.25, 0.3) is 0 Å². The van der Waals surface area contributed by atoms with Gasteiger partial charge < -0.3 is 33.8 Å². The summed E-state index contributed by atoms with van der Waals surface area (Å²) in [6.45, 7) is 11.8. The molecule has 0 aliphatic heterocycles. The van der Waals surface area contributed by atoms with Crippen molar-refractivity contribution in [1.29, 1.82) is 0 Å². The smallest absolute Gasteiger partial charge is 0.462 e. The van der Waals surface area contributed by atoms with Gasteiger partial charge >= 0.3 is 39.5 Å². The number of hydrogen-bond donors (Lipinski definition) is 3. The predicted molar refractivity (Wildman–Crippen MR) is 395 cm³/mol. The van der Waals surface area contributed by atoms with Crippen molar-refractivity contribution in [3.63, 3.8) is 0 Å². The Kier molecular flexibility index (Phi) is 67.1. The van der Waals surface area contributed by atoms with E-state index in [0.29, 0.717) is 37.5 Å². The van der Waals surface area contributed by atoms with Crippen LogP contribution in [0.15, 0.2) is 0 Å². The van der Waals surface area contributed by atoms with Crippen LogP contribution in [0.25, 0.3) is 0 Å². The van der Waals surface area contributed by atoms with Crippen molar-refractivity contribution < 1.29 is 80.2 Å². The van der Waals surface area contributed by atoms with Gasteiger partial charge in [0.2, 0.25) is 0 Å². The van der Waals surface area contributed by atoms with E-state index in [2.05, 4.69) is 48.5 Å². The Bertz CT molecular complexity index is 1890. The van der Waals surface area contributed by atoms with Crippen molar-refractivity contribution in [2.75, 3.05) is 39.6 Å². The summed E-state index contributed by atoms with van der Waals surface area (Å²) in [6.07, 6.45) is 55.9. The third-order valence-corrected chi connectivity index (χ3v) is 20.4. The number of aliphatic hydroxyl groups is 1. The highest BCUT2D eigenvalue weighted by Crippen LogP contribution is 2.45. The van der Waals surface area contributed by atoms with Gasteiger partial charge in [-0.3, -0.25) is 37.3 Å². The molecule has 0 aromatic carbocycles. The van der Waals surface area contributed by atoms with E-state index >= 15 is 0 Å². The van der Waals surface area contributed by atoms with E-state index < -0.39 is 97.5 Å². The quantitative estimate of drug-likeness (QED) is 0.0222. The third-order valence-electron chi connectivity index (χ3n) is 18.5. The highest BCUT2D eigenvalue weighted by molar-refractivity contribution is 7.47. The van der Waals surface area contributed by atoms with Crippen LogP contribution >= 0.6 is 15.6 Å². The minimum absolute atomic E-state index is 0.102. The van der Waals surface area contributed by atoms with Gasteiger partial charge in [0.15, 0.2) is 12.2 Å². The highest BCUT2D eigenvalue weighted by Gasteiger charge is 2.30. The summed E-state index contributed by atoms with van der Waals surface area (Å²) in [5, 5.41) is 10.6. The van der Waals surface area contributed by atoms with Crippen LogP contribution in [-0.2, 0) is 65.4 Å². The number of ether oxygens (including phenoxy) is 4. The van der Waals surface area contributed by atoms with E-state index in [1.807, 2.05) is 0 Å². The lowest BCUT2D eigenvalue weighted by atomic mass is 9.99. The van der Waals surface area contributed by atoms with E-state index in [9.17, 15) is 43.2 Å². The number of carbonyl (C=O) groups excluding carboxylic acids is 4. The van der Waals surface area contributed by atoms with Gasteiger partial charge in [-0.2, -0.15) is 0 Å². The zero-order valence-electron chi connectivity index (χ0n) is 63.5. The van der Waals surface area contributed by atoms with Crippen LogP contribution in [-0.4, -0.2) is 96.7 Å².